The van der Waals surface area contributed by atoms with Crippen LogP contribution in [0, 0.1) is 20.8 Å². The summed E-state index contributed by atoms with van der Waals surface area (Å²) in [6.07, 6.45) is 0. The van der Waals surface area contributed by atoms with Crippen molar-refractivity contribution in [3.8, 4) is 10.6 Å². The predicted octanol–water partition coefficient (Wildman–Crippen LogP) is 4.59. The number of amides is 1. The average molecular weight is 370 g/mol. The lowest BCUT2D eigenvalue weighted by atomic mass is 10.1. The lowest BCUT2D eigenvalue weighted by Gasteiger charge is -2.05. The topological polar surface area (TPSA) is 80.9 Å². The molecule has 4 heterocycles. The van der Waals surface area contributed by atoms with Gasteiger partial charge in [-0.15, -0.1) is 22.7 Å². The molecule has 6 nitrogen and oxygen atoms in total. The molecule has 0 aliphatic heterocycles. The lowest BCUT2D eigenvalue weighted by Crippen LogP contribution is -2.13. The second kappa shape index (κ2) is 6.05. The SMILES string of the molecule is Cc1nc(NC(=O)c2cc(-c3cccs3)nc3onc(C)c23)sc1C. The van der Waals surface area contributed by atoms with E-state index in [1.807, 2.05) is 31.4 Å². The van der Waals surface area contributed by atoms with Crippen LogP contribution in [0.25, 0.3) is 21.7 Å². The molecule has 0 unspecified atom stereocenters. The number of carbonyl (C=O) groups excluding carboxylic acids is 1. The number of fused-ring (bicyclic) bond motifs is 1. The summed E-state index contributed by atoms with van der Waals surface area (Å²) in [7, 11) is 0. The molecule has 8 heteroatoms. The predicted molar refractivity (Wildman–Crippen MR) is 99.4 cm³/mol. The quantitative estimate of drug-likeness (QED) is 0.571. The minimum atomic E-state index is -0.245. The smallest absolute Gasteiger partial charge is 0.259 e. The van der Waals surface area contributed by atoms with Gasteiger partial charge in [-0.05, 0) is 38.3 Å². The van der Waals surface area contributed by atoms with Crippen LogP contribution >= 0.6 is 22.7 Å². The number of carbonyl (C=O) groups is 1. The first-order chi connectivity index (χ1) is 12.0. The van der Waals surface area contributed by atoms with E-state index in [4.69, 9.17) is 4.52 Å². The van der Waals surface area contributed by atoms with E-state index in [0.717, 1.165) is 15.4 Å². The van der Waals surface area contributed by atoms with Crippen LogP contribution in [-0.4, -0.2) is 21.0 Å². The molecule has 25 heavy (non-hydrogen) atoms. The molecule has 126 valence electrons. The molecule has 4 aromatic heterocycles. The van der Waals surface area contributed by atoms with Gasteiger partial charge in [-0.3, -0.25) is 10.1 Å². The van der Waals surface area contributed by atoms with Crippen LogP contribution in [0.15, 0.2) is 28.1 Å². The molecule has 0 aliphatic rings. The fraction of sp³-hybridized carbons (Fsp3) is 0.176. The summed E-state index contributed by atoms with van der Waals surface area (Å²) in [6.45, 7) is 5.70. The summed E-state index contributed by atoms with van der Waals surface area (Å²) in [4.78, 5) is 23.8. The second-order valence-corrected chi connectivity index (χ2v) is 7.75. The number of hydrogen-bond donors (Lipinski definition) is 1. The second-order valence-electron chi connectivity index (χ2n) is 5.60. The molecule has 0 fully saturated rings. The summed E-state index contributed by atoms with van der Waals surface area (Å²) in [5.74, 6) is -0.245. The average Bonchev–Trinajstić information content (AvgIpc) is 3.29. The van der Waals surface area contributed by atoms with Crippen molar-refractivity contribution in [3.63, 3.8) is 0 Å². The molecule has 4 aromatic rings. The van der Waals surface area contributed by atoms with Crippen LogP contribution in [0.4, 0.5) is 5.13 Å². The highest BCUT2D eigenvalue weighted by atomic mass is 32.1. The first-order valence-corrected chi connectivity index (χ1v) is 9.29. The van der Waals surface area contributed by atoms with Crippen LogP contribution in [0.1, 0.15) is 26.6 Å². The normalized spacial score (nSPS) is 11.2. The number of thiazole rings is 1. The minimum Gasteiger partial charge on any atom is -0.335 e. The molecule has 4 rings (SSSR count). The number of rotatable bonds is 3. The van der Waals surface area contributed by atoms with Gasteiger partial charge < -0.3 is 4.52 Å². The van der Waals surface area contributed by atoms with E-state index < -0.39 is 0 Å². The maximum atomic E-state index is 12.9. The Hall–Kier alpha value is -2.58. The summed E-state index contributed by atoms with van der Waals surface area (Å²) in [5, 5.41) is 10.0. The maximum Gasteiger partial charge on any atom is 0.259 e. The Labute approximate surface area is 151 Å². The van der Waals surface area contributed by atoms with Gasteiger partial charge in [-0.25, -0.2) is 9.97 Å². The monoisotopic (exact) mass is 370 g/mol. The zero-order valence-corrected chi connectivity index (χ0v) is 15.4. The summed E-state index contributed by atoms with van der Waals surface area (Å²) >= 11 is 3.01. The van der Waals surface area contributed by atoms with Crippen molar-refractivity contribution in [1.82, 2.24) is 15.1 Å². The van der Waals surface area contributed by atoms with Crippen molar-refractivity contribution in [3.05, 3.63) is 45.4 Å². The Bertz CT molecular complexity index is 1060. The van der Waals surface area contributed by atoms with E-state index in [-0.39, 0.29) is 5.91 Å². The molecule has 0 radical (unpaired) electrons. The number of anilines is 1. The Morgan fingerprint density at radius 3 is 2.72 bits per heavy atom. The molecule has 0 atom stereocenters. The highest BCUT2D eigenvalue weighted by Gasteiger charge is 2.20. The van der Waals surface area contributed by atoms with Crippen molar-refractivity contribution in [1.29, 1.82) is 0 Å². The standard InChI is InChI=1S/C17H14N4O2S2/c1-8-10(3)25-17(18-8)20-15(22)11-7-12(13-5-4-6-24-13)19-16-14(11)9(2)21-23-16/h4-7H,1-3H3,(H,18,20,22). The lowest BCUT2D eigenvalue weighted by molar-refractivity contribution is 0.102. The molecule has 1 amide bonds. The number of aryl methyl sites for hydroxylation is 3. The number of nitrogens with zero attached hydrogens (tertiary/aromatic N) is 3. The number of pyridine rings is 1. The fourth-order valence-corrected chi connectivity index (χ4v) is 4.01. The zero-order valence-electron chi connectivity index (χ0n) is 13.8. The summed E-state index contributed by atoms with van der Waals surface area (Å²) in [5.41, 5.74) is 3.09. The van der Waals surface area contributed by atoms with Gasteiger partial charge in [0, 0.05) is 4.88 Å². The van der Waals surface area contributed by atoms with E-state index in [0.29, 0.717) is 33.2 Å². The van der Waals surface area contributed by atoms with Crippen LogP contribution in [0.2, 0.25) is 0 Å². The zero-order chi connectivity index (χ0) is 17.6. The third-order valence-electron chi connectivity index (χ3n) is 3.88. The number of hydrogen-bond acceptors (Lipinski definition) is 7. The number of thiophene rings is 1. The van der Waals surface area contributed by atoms with E-state index in [9.17, 15) is 4.79 Å². The van der Waals surface area contributed by atoms with E-state index in [1.165, 1.54) is 11.3 Å². The molecule has 0 spiro atoms. The summed E-state index contributed by atoms with van der Waals surface area (Å²) in [6, 6.07) is 5.68. The molecule has 0 bridgehead atoms. The van der Waals surface area contributed by atoms with Gasteiger partial charge >= 0.3 is 0 Å². The van der Waals surface area contributed by atoms with Crippen LogP contribution in [0.3, 0.4) is 0 Å². The van der Waals surface area contributed by atoms with E-state index >= 15 is 0 Å². The molecule has 0 aromatic carbocycles. The highest BCUT2D eigenvalue weighted by Crippen LogP contribution is 2.30. The van der Waals surface area contributed by atoms with Gasteiger partial charge in [-0.2, -0.15) is 0 Å². The molecule has 0 saturated heterocycles. The van der Waals surface area contributed by atoms with Crippen molar-refractivity contribution in [2.45, 2.75) is 20.8 Å². The van der Waals surface area contributed by atoms with Crippen molar-refractivity contribution in [2.75, 3.05) is 5.32 Å². The van der Waals surface area contributed by atoms with Crippen molar-refractivity contribution >= 4 is 44.8 Å². The third-order valence-corrected chi connectivity index (χ3v) is 5.77. The first kappa shape index (κ1) is 15.9. The largest absolute Gasteiger partial charge is 0.335 e. The molecular weight excluding hydrogens is 356 g/mol. The number of nitrogens with one attached hydrogen (secondary N) is 1. The Morgan fingerprint density at radius 1 is 1.20 bits per heavy atom. The minimum absolute atomic E-state index is 0.245. The Morgan fingerprint density at radius 2 is 2.04 bits per heavy atom. The fourth-order valence-electron chi connectivity index (χ4n) is 2.51. The molecule has 0 aliphatic carbocycles. The summed E-state index contributed by atoms with van der Waals surface area (Å²) < 4.78 is 5.30. The van der Waals surface area contributed by atoms with Crippen LogP contribution < -0.4 is 5.32 Å². The Kier molecular flexibility index (Phi) is 3.85. The van der Waals surface area contributed by atoms with Crippen molar-refractivity contribution < 1.29 is 9.32 Å². The maximum absolute atomic E-state index is 12.9. The third kappa shape index (κ3) is 2.83. The number of aromatic nitrogens is 3. The van der Waals surface area contributed by atoms with Gasteiger partial charge in [0.05, 0.1) is 32.9 Å². The van der Waals surface area contributed by atoms with Crippen molar-refractivity contribution in [2.24, 2.45) is 0 Å². The van der Waals surface area contributed by atoms with E-state index in [2.05, 4.69) is 20.4 Å². The molecular formula is C17H14N4O2S2. The Balaban J connectivity index is 1.81. The first-order valence-electron chi connectivity index (χ1n) is 7.59. The van der Waals surface area contributed by atoms with Gasteiger partial charge in [0.25, 0.3) is 11.6 Å². The highest BCUT2D eigenvalue weighted by molar-refractivity contribution is 7.15. The molecule has 0 saturated carbocycles. The van der Waals surface area contributed by atoms with Gasteiger partial charge in [-0.1, -0.05) is 11.2 Å². The van der Waals surface area contributed by atoms with Gasteiger partial charge in [0.15, 0.2) is 5.13 Å². The molecule has 1 N–H and O–H groups in total. The van der Waals surface area contributed by atoms with Gasteiger partial charge in [0.1, 0.15) is 0 Å². The van der Waals surface area contributed by atoms with E-state index in [1.54, 1.807) is 24.3 Å². The van der Waals surface area contributed by atoms with Crippen LogP contribution in [-0.2, 0) is 0 Å². The van der Waals surface area contributed by atoms with Gasteiger partial charge in [0.2, 0.25) is 0 Å². The van der Waals surface area contributed by atoms with Crippen LogP contribution in [0.5, 0.6) is 0 Å².